The lowest BCUT2D eigenvalue weighted by molar-refractivity contribution is -0.136. The van der Waals surface area contributed by atoms with Crippen molar-refractivity contribution in [3.05, 3.63) is 24.3 Å². The van der Waals surface area contributed by atoms with E-state index in [4.69, 9.17) is 9.84 Å². The van der Waals surface area contributed by atoms with Gasteiger partial charge in [-0.15, -0.1) is 0 Å². The number of ether oxygens (including phenoxy) is 1. The van der Waals surface area contributed by atoms with Gasteiger partial charge in [0.1, 0.15) is 5.75 Å². The maximum absolute atomic E-state index is 10.5. The number of methoxy groups -OCH3 is 1. The van der Waals surface area contributed by atoms with E-state index < -0.39 is 5.97 Å². The highest BCUT2D eigenvalue weighted by molar-refractivity contribution is 5.69. The zero-order valence-electron chi connectivity index (χ0n) is 10.4. The number of nitrogens with one attached hydrogen (secondary N) is 1. The third-order valence-corrected chi connectivity index (χ3v) is 3.16. The standard InChI is InChI=1S/C13H18N2O3/c1-18-12-5-3-2-4-11(12)15-7-6-10(9-15)14-8-13(16)17/h2-5,10,14H,6-9H2,1H3,(H,16,17). The minimum Gasteiger partial charge on any atom is -0.495 e. The normalized spacial score (nSPS) is 18.9. The molecule has 5 nitrogen and oxygen atoms in total. The number of carboxylic acid groups (broad SMARTS) is 1. The van der Waals surface area contributed by atoms with Crippen LogP contribution in [-0.2, 0) is 4.79 Å². The number of hydrogen-bond donors (Lipinski definition) is 2. The lowest BCUT2D eigenvalue weighted by atomic mass is 10.2. The molecule has 1 fully saturated rings. The summed E-state index contributed by atoms with van der Waals surface area (Å²) in [4.78, 5) is 12.7. The molecule has 98 valence electrons. The topological polar surface area (TPSA) is 61.8 Å². The minimum absolute atomic E-state index is 0.0183. The molecule has 0 aromatic heterocycles. The monoisotopic (exact) mass is 250 g/mol. The fourth-order valence-corrected chi connectivity index (χ4v) is 2.27. The first-order valence-corrected chi connectivity index (χ1v) is 6.04. The summed E-state index contributed by atoms with van der Waals surface area (Å²) >= 11 is 0. The molecule has 18 heavy (non-hydrogen) atoms. The number of nitrogens with zero attached hydrogens (tertiary/aromatic N) is 1. The summed E-state index contributed by atoms with van der Waals surface area (Å²) in [5.74, 6) is 0.0436. The van der Waals surface area contributed by atoms with Crippen LogP contribution in [0.3, 0.4) is 0 Å². The molecule has 1 atom stereocenters. The smallest absolute Gasteiger partial charge is 0.317 e. The van der Waals surface area contributed by atoms with Crippen molar-refractivity contribution in [3.8, 4) is 5.75 Å². The molecule has 1 saturated heterocycles. The summed E-state index contributed by atoms with van der Waals surface area (Å²) < 4.78 is 5.33. The lowest BCUT2D eigenvalue weighted by Crippen LogP contribution is -2.36. The highest BCUT2D eigenvalue weighted by Crippen LogP contribution is 2.30. The van der Waals surface area contributed by atoms with Crippen LogP contribution in [0.25, 0.3) is 0 Å². The van der Waals surface area contributed by atoms with E-state index in [1.165, 1.54) is 0 Å². The SMILES string of the molecule is COc1ccccc1N1CCC(NCC(=O)O)C1. The summed E-state index contributed by atoms with van der Waals surface area (Å²) in [6.45, 7) is 1.75. The second kappa shape index (κ2) is 5.73. The molecule has 0 radical (unpaired) electrons. The van der Waals surface area contributed by atoms with Gasteiger partial charge in [-0.25, -0.2) is 0 Å². The van der Waals surface area contributed by atoms with Gasteiger partial charge in [-0.1, -0.05) is 12.1 Å². The van der Waals surface area contributed by atoms with Crippen LogP contribution in [0.1, 0.15) is 6.42 Å². The zero-order valence-corrected chi connectivity index (χ0v) is 10.4. The molecular weight excluding hydrogens is 232 g/mol. The number of aliphatic carboxylic acids is 1. The van der Waals surface area contributed by atoms with Crippen LogP contribution in [0, 0.1) is 0 Å². The number of hydrogen-bond acceptors (Lipinski definition) is 4. The number of rotatable bonds is 5. The van der Waals surface area contributed by atoms with E-state index in [0.717, 1.165) is 30.9 Å². The number of carbonyl (C=O) groups is 1. The molecule has 0 aliphatic carbocycles. The summed E-state index contributed by atoms with van der Waals surface area (Å²) in [7, 11) is 1.66. The summed E-state index contributed by atoms with van der Waals surface area (Å²) in [5.41, 5.74) is 1.07. The van der Waals surface area contributed by atoms with Gasteiger partial charge in [0, 0.05) is 19.1 Å². The van der Waals surface area contributed by atoms with Gasteiger partial charge in [-0.05, 0) is 18.6 Å². The molecule has 1 unspecified atom stereocenters. The highest BCUT2D eigenvalue weighted by atomic mass is 16.5. The van der Waals surface area contributed by atoms with E-state index in [1.54, 1.807) is 7.11 Å². The van der Waals surface area contributed by atoms with Crippen molar-refractivity contribution < 1.29 is 14.6 Å². The molecule has 0 bridgehead atoms. The van der Waals surface area contributed by atoms with Gasteiger partial charge in [0.25, 0.3) is 0 Å². The van der Waals surface area contributed by atoms with Crippen molar-refractivity contribution >= 4 is 11.7 Å². The van der Waals surface area contributed by atoms with Crippen molar-refractivity contribution in [2.24, 2.45) is 0 Å². The Kier molecular flexibility index (Phi) is 4.04. The van der Waals surface area contributed by atoms with Crippen LogP contribution in [0.5, 0.6) is 5.75 Å². The summed E-state index contributed by atoms with van der Waals surface area (Å²) in [5, 5.41) is 11.7. The molecule has 0 amide bonds. The molecular formula is C13H18N2O3. The van der Waals surface area contributed by atoms with Gasteiger partial charge >= 0.3 is 5.97 Å². The lowest BCUT2D eigenvalue weighted by Gasteiger charge is -2.21. The van der Waals surface area contributed by atoms with E-state index in [-0.39, 0.29) is 12.6 Å². The Morgan fingerprint density at radius 1 is 1.56 bits per heavy atom. The number of carboxylic acids is 1. The largest absolute Gasteiger partial charge is 0.495 e. The molecule has 1 aromatic carbocycles. The Bertz CT molecular complexity index is 422. The van der Waals surface area contributed by atoms with Gasteiger partial charge in [-0.3, -0.25) is 4.79 Å². The third kappa shape index (κ3) is 2.92. The quantitative estimate of drug-likeness (QED) is 0.814. The van der Waals surface area contributed by atoms with E-state index in [0.29, 0.717) is 0 Å². The minimum atomic E-state index is -0.814. The first kappa shape index (κ1) is 12.7. The van der Waals surface area contributed by atoms with Gasteiger partial charge in [0.15, 0.2) is 0 Å². The molecule has 0 spiro atoms. The number of anilines is 1. The molecule has 2 rings (SSSR count). The van der Waals surface area contributed by atoms with E-state index in [1.807, 2.05) is 24.3 Å². The summed E-state index contributed by atoms with van der Waals surface area (Å²) in [6, 6.07) is 8.12. The Morgan fingerprint density at radius 2 is 2.33 bits per heavy atom. The fourth-order valence-electron chi connectivity index (χ4n) is 2.27. The maximum atomic E-state index is 10.5. The fraction of sp³-hybridized carbons (Fsp3) is 0.462. The maximum Gasteiger partial charge on any atom is 0.317 e. The van der Waals surface area contributed by atoms with Gasteiger partial charge in [-0.2, -0.15) is 0 Å². The predicted molar refractivity (Wildman–Crippen MR) is 69.3 cm³/mol. The van der Waals surface area contributed by atoms with Gasteiger partial charge < -0.3 is 20.1 Å². The Labute approximate surface area is 106 Å². The molecule has 1 aromatic rings. The van der Waals surface area contributed by atoms with Crippen molar-refractivity contribution in [1.29, 1.82) is 0 Å². The van der Waals surface area contributed by atoms with Crippen molar-refractivity contribution in [1.82, 2.24) is 5.32 Å². The van der Waals surface area contributed by atoms with Crippen LogP contribution in [-0.4, -0.2) is 43.9 Å². The van der Waals surface area contributed by atoms with Crippen LogP contribution in [0.15, 0.2) is 24.3 Å². The number of benzene rings is 1. The first-order valence-electron chi connectivity index (χ1n) is 6.04. The summed E-state index contributed by atoms with van der Waals surface area (Å²) in [6.07, 6.45) is 0.950. The van der Waals surface area contributed by atoms with E-state index in [9.17, 15) is 4.79 Å². The predicted octanol–water partition coefficient (Wildman–Crippen LogP) is 0.948. The molecule has 1 heterocycles. The Hall–Kier alpha value is -1.75. The third-order valence-electron chi connectivity index (χ3n) is 3.16. The van der Waals surface area contributed by atoms with Crippen molar-refractivity contribution in [2.45, 2.75) is 12.5 Å². The second-order valence-corrected chi connectivity index (χ2v) is 4.38. The van der Waals surface area contributed by atoms with Crippen molar-refractivity contribution in [2.75, 3.05) is 31.6 Å². The van der Waals surface area contributed by atoms with Crippen LogP contribution < -0.4 is 15.0 Å². The van der Waals surface area contributed by atoms with Crippen LogP contribution in [0.2, 0.25) is 0 Å². The van der Waals surface area contributed by atoms with Crippen LogP contribution in [0.4, 0.5) is 5.69 Å². The van der Waals surface area contributed by atoms with E-state index in [2.05, 4.69) is 10.2 Å². The molecule has 1 aliphatic rings. The van der Waals surface area contributed by atoms with E-state index >= 15 is 0 Å². The number of para-hydroxylation sites is 2. The van der Waals surface area contributed by atoms with Crippen molar-refractivity contribution in [3.63, 3.8) is 0 Å². The Morgan fingerprint density at radius 3 is 3.06 bits per heavy atom. The van der Waals surface area contributed by atoms with Crippen LogP contribution >= 0.6 is 0 Å². The molecule has 2 N–H and O–H groups in total. The van der Waals surface area contributed by atoms with Gasteiger partial charge in [0.2, 0.25) is 0 Å². The van der Waals surface area contributed by atoms with Gasteiger partial charge in [0.05, 0.1) is 19.3 Å². The Balaban J connectivity index is 1.97. The average molecular weight is 250 g/mol. The molecule has 5 heteroatoms. The molecule has 1 aliphatic heterocycles. The first-order chi connectivity index (χ1) is 8.70. The zero-order chi connectivity index (χ0) is 13.0. The average Bonchev–Trinajstić information content (AvgIpc) is 2.85. The second-order valence-electron chi connectivity index (χ2n) is 4.38. The highest BCUT2D eigenvalue weighted by Gasteiger charge is 2.24. The molecule has 0 saturated carbocycles.